The van der Waals surface area contributed by atoms with Crippen molar-refractivity contribution in [1.82, 2.24) is 4.98 Å². The minimum absolute atomic E-state index is 0.100. The number of hydrogen-bond acceptors (Lipinski definition) is 4. The van der Waals surface area contributed by atoms with Crippen LogP contribution in [0.15, 0.2) is 28.5 Å². The first kappa shape index (κ1) is 14.4. The summed E-state index contributed by atoms with van der Waals surface area (Å²) in [7, 11) is 0. The van der Waals surface area contributed by atoms with Gasteiger partial charge in [0, 0.05) is 20.6 Å². The van der Waals surface area contributed by atoms with Gasteiger partial charge in [-0.25, -0.2) is 4.98 Å². The fraction of sp³-hybridized carbons (Fsp3) is 0.286. The summed E-state index contributed by atoms with van der Waals surface area (Å²) in [6.07, 6.45) is 0. The molecule has 0 saturated heterocycles. The third kappa shape index (κ3) is 3.50. The van der Waals surface area contributed by atoms with Gasteiger partial charge in [0.25, 0.3) is 0 Å². The second kappa shape index (κ2) is 5.54. The number of nitrogens with zero attached hydrogens (tertiary/aromatic N) is 2. The lowest BCUT2D eigenvalue weighted by molar-refractivity contribution is 0.803. The molecule has 0 unspecified atom stereocenters. The van der Waals surface area contributed by atoms with Gasteiger partial charge in [0.05, 0.1) is 5.02 Å². The van der Waals surface area contributed by atoms with Crippen LogP contribution in [0.2, 0.25) is 5.02 Å². The molecule has 0 fully saturated rings. The van der Waals surface area contributed by atoms with E-state index >= 15 is 0 Å². The van der Waals surface area contributed by atoms with Crippen LogP contribution in [0, 0.1) is 11.3 Å². The van der Waals surface area contributed by atoms with Crippen LogP contribution in [0.1, 0.15) is 26.5 Å². The first-order chi connectivity index (χ1) is 8.90. The molecule has 0 amide bonds. The van der Waals surface area contributed by atoms with Gasteiger partial charge in [0.2, 0.25) is 0 Å². The number of nitriles is 1. The summed E-state index contributed by atoms with van der Waals surface area (Å²) in [6.45, 7) is 6.45. The van der Waals surface area contributed by atoms with E-state index < -0.39 is 0 Å². The predicted molar refractivity (Wildman–Crippen MR) is 82.9 cm³/mol. The van der Waals surface area contributed by atoms with Crippen LogP contribution in [0.25, 0.3) is 10.6 Å². The van der Waals surface area contributed by atoms with Gasteiger partial charge < -0.3 is 0 Å². The molecule has 0 aliphatic rings. The maximum Gasteiger partial charge on any atom is 0.152 e. The maximum atomic E-state index is 8.83. The molecule has 0 saturated carbocycles. The van der Waals surface area contributed by atoms with Crippen LogP contribution in [-0.4, -0.2) is 9.73 Å². The molecule has 0 aliphatic heterocycles. The molecule has 0 bridgehead atoms. The second-order valence-corrected chi connectivity index (χ2v) is 8.09. The number of thiazole rings is 1. The Morgan fingerprint density at radius 1 is 1.37 bits per heavy atom. The number of halogens is 1. The molecule has 2 rings (SSSR count). The Kier molecular flexibility index (Phi) is 4.19. The van der Waals surface area contributed by atoms with E-state index in [0.717, 1.165) is 15.5 Å². The van der Waals surface area contributed by atoms with Gasteiger partial charge in [0.1, 0.15) is 11.1 Å². The highest BCUT2D eigenvalue weighted by Gasteiger charge is 2.17. The Morgan fingerprint density at radius 3 is 2.68 bits per heavy atom. The minimum Gasteiger partial charge on any atom is -0.225 e. The lowest BCUT2D eigenvalue weighted by Crippen LogP contribution is -2.06. The monoisotopic (exact) mass is 308 g/mol. The topological polar surface area (TPSA) is 36.7 Å². The van der Waals surface area contributed by atoms with Gasteiger partial charge in [-0.3, -0.25) is 0 Å². The van der Waals surface area contributed by atoms with Crippen LogP contribution < -0.4 is 0 Å². The number of thioether (sulfide) groups is 1. The average molecular weight is 309 g/mol. The zero-order valence-corrected chi connectivity index (χ0v) is 13.3. The molecule has 0 spiro atoms. The number of rotatable bonds is 2. The molecule has 0 N–H and O–H groups in total. The molecule has 0 atom stereocenters. The van der Waals surface area contributed by atoms with Gasteiger partial charge in [-0.1, -0.05) is 44.5 Å². The van der Waals surface area contributed by atoms with Gasteiger partial charge in [-0.05, 0) is 6.07 Å². The highest BCUT2D eigenvalue weighted by Crippen LogP contribution is 2.41. The van der Waals surface area contributed by atoms with Crippen molar-refractivity contribution in [2.45, 2.75) is 30.4 Å². The van der Waals surface area contributed by atoms with E-state index in [1.165, 1.54) is 11.3 Å². The van der Waals surface area contributed by atoms with E-state index in [4.69, 9.17) is 16.9 Å². The highest BCUT2D eigenvalue weighted by molar-refractivity contribution is 8.00. The van der Waals surface area contributed by atoms with E-state index in [9.17, 15) is 0 Å². The lowest BCUT2D eigenvalue weighted by Gasteiger charge is -2.19. The van der Waals surface area contributed by atoms with Crippen LogP contribution in [0.3, 0.4) is 0 Å². The van der Waals surface area contributed by atoms with Crippen molar-refractivity contribution in [3.8, 4) is 16.6 Å². The fourth-order valence-corrected chi connectivity index (χ4v) is 3.70. The van der Waals surface area contributed by atoms with Crippen molar-refractivity contribution >= 4 is 34.7 Å². The molecular weight excluding hydrogens is 296 g/mol. The highest BCUT2D eigenvalue weighted by atomic mass is 35.5. The van der Waals surface area contributed by atoms with Crippen molar-refractivity contribution in [3.63, 3.8) is 0 Å². The van der Waals surface area contributed by atoms with Gasteiger partial charge in [-0.2, -0.15) is 5.26 Å². The zero-order chi connectivity index (χ0) is 14.0. The fourth-order valence-electron chi connectivity index (χ4n) is 1.53. The Bertz CT molecular complexity index is 636. The van der Waals surface area contributed by atoms with Crippen LogP contribution in [0.4, 0.5) is 0 Å². The Morgan fingerprint density at radius 2 is 2.11 bits per heavy atom. The molecule has 0 aliphatic carbocycles. The van der Waals surface area contributed by atoms with Crippen LogP contribution in [0.5, 0.6) is 0 Å². The number of benzene rings is 1. The molecule has 1 aromatic heterocycles. The molecule has 5 heteroatoms. The van der Waals surface area contributed by atoms with Crippen molar-refractivity contribution in [2.24, 2.45) is 0 Å². The summed E-state index contributed by atoms with van der Waals surface area (Å²) < 4.78 is 0.100. The Labute approximate surface area is 126 Å². The van der Waals surface area contributed by atoms with Gasteiger partial charge in [0.15, 0.2) is 5.69 Å². The van der Waals surface area contributed by atoms with E-state index in [1.54, 1.807) is 17.1 Å². The van der Waals surface area contributed by atoms with Crippen molar-refractivity contribution in [2.75, 3.05) is 0 Å². The number of aromatic nitrogens is 1. The summed E-state index contributed by atoms with van der Waals surface area (Å²) in [5.74, 6) is 0. The second-order valence-electron chi connectivity index (χ2n) is 4.98. The largest absolute Gasteiger partial charge is 0.225 e. The molecule has 2 nitrogen and oxygen atoms in total. The third-order valence-electron chi connectivity index (χ3n) is 2.23. The van der Waals surface area contributed by atoms with Crippen molar-refractivity contribution < 1.29 is 0 Å². The summed E-state index contributed by atoms with van der Waals surface area (Å²) in [5, 5.41) is 12.1. The standard InChI is InChI=1S/C14H13ClN2S2/c1-14(2,3)19-11-6-4-5-10(12(11)15)13-17-9(7-16)8-18-13/h4-6,8H,1-3H3. The number of hydrogen-bond donors (Lipinski definition) is 0. The van der Waals surface area contributed by atoms with E-state index in [0.29, 0.717) is 10.7 Å². The zero-order valence-electron chi connectivity index (χ0n) is 10.9. The Hall–Kier alpha value is -1.02. The van der Waals surface area contributed by atoms with Crippen LogP contribution in [-0.2, 0) is 0 Å². The maximum absolute atomic E-state index is 8.83. The third-order valence-corrected chi connectivity index (χ3v) is 4.80. The van der Waals surface area contributed by atoms with Crippen LogP contribution >= 0.6 is 34.7 Å². The first-order valence-corrected chi connectivity index (χ1v) is 7.81. The lowest BCUT2D eigenvalue weighted by atomic mass is 10.2. The van der Waals surface area contributed by atoms with Crippen molar-refractivity contribution in [1.29, 1.82) is 5.26 Å². The summed E-state index contributed by atoms with van der Waals surface area (Å²) >= 11 is 9.63. The average Bonchev–Trinajstić information content (AvgIpc) is 2.78. The molecule has 98 valence electrons. The SMILES string of the molecule is CC(C)(C)Sc1cccc(-c2nc(C#N)cs2)c1Cl. The molecular formula is C14H13ClN2S2. The molecule has 2 aromatic rings. The molecule has 1 heterocycles. The predicted octanol–water partition coefficient (Wildman–Crippen LogP) is 5.23. The molecule has 0 radical (unpaired) electrons. The summed E-state index contributed by atoms with van der Waals surface area (Å²) in [5.41, 5.74) is 1.33. The van der Waals surface area contributed by atoms with Gasteiger partial charge in [-0.15, -0.1) is 23.1 Å². The van der Waals surface area contributed by atoms with E-state index in [1.807, 2.05) is 24.3 Å². The molecule has 1 aromatic carbocycles. The summed E-state index contributed by atoms with van der Waals surface area (Å²) in [4.78, 5) is 5.30. The van der Waals surface area contributed by atoms with E-state index in [2.05, 4.69) is 25.8 Å². The molecule has 19 heavy (non-hydrogen) atoms. The Balaban J connectivity index is 2.43. The van der Waals surface area contributed by atoms with E-state index in [-0.39, 0.29) is 4.75 Å². The quantitative estimate of drug-likeness (QED) is 0.713. The smallest absolute Gasteiger partial charge is 0.152 e. The first-order valence-electron chi connectivity index (χ1n) is 5.74. The summed E-state index contributed by atoms with van der Waals surface area (Å²) in [6, 6.07) is 7.97. The normalized spacial score (nSPS) is 11.3. The minimum atomic E-state index is 0.100. The van der Waals surface area contributed by atoms with Crippen molar-refractivity contribution in [3.05, 3.63) is 34.3 Å². The van der Waals surface area contributed by atoms with Gasteiger partial charge >= 0.3 is 0 Å².